The van der Waals surface area contributed by atoms with Crippen LogP contribution in [0, 0.1) is 0 Å². The smallest absolute Gasteiger partial charge is 0.0700 e. The Balaban J connectivity index is 3.43. The zero-order valence-electron chi connectivity index (χ0n) is 11.3. The fourth-order valence-corrected chi connectivity index (χ4v) is 1.68. The first-order valence-electron chi connectivity index (χ1n) is 6.64. The maximum absolute atomic E-state index is 5.49. The lowest BCUT2D eigenvalue weighted by Gasteiger charge is -2.21. The Morgan fingerprint density at radius 3 is 2.25 bits per heavy atom. The van der Waals surface area contributed by atoms with Crippen LogP contribution in [0.25, 0.3) is 0 Å². The lowest BCUT2D eigenvalue weighted by atomic mass is 10.2. The van der Waals surface area contributed by atoms with Gasteiger partial charge in [-0.3, -0.25) is 0 Å². The molecule has 0 radical (unpaired) electrons. The Morgan fingerprint density at radius 1 is 0.812 bits per heavy atom. The molecule has 0 saturated carbocycles. The average Bonchev–Trinajstić information content (AvgIpc) is 2.29. The van der Waals surface area contributed by atoms with Gasteiger partial charge in [-0.2, -0.15) is 0 Å². The van der Waals surface area contributed by atoms with Gasteiger partial charge >= 0.3 is 0 Å². The van der Waals surface area contributed by atoms with Crippen LogP contribution in [0.5, 0.6) is 0 Å². The highest BCUT2D eigenvalue weighted by atomic mass is 16.5. The number of unbranched alkanes of at least 4 members (excludes halogenated alkanes) is 2. The molecule has 0 aromatic carbocycles. The lowest BCUT2D eigenvalue weighted by molar-refractivity contribution is 0.0569. The summed E-state index contributed by atoms with van der Waals surface area (Å²) in [6.45, 7) is 10.2. The van der Waals surface area contributed by atoms with Crippen LogP contribution < -0.4 is 0 Å². The Morgan fingerprint density at radius 2 is 1.62 bits per heavy atom. The lowest BCUT2D eigenvalue weighted by Crippen LogP contribution is -2.29. The molecular formula is C13H29NO2. The molecule has 0 heterocycles. The van der Waals surface area contributed by atoms with Crippen molar-refractivity contribution in [2.24, 2.45) is 0 Å². The number of hydrogen-bond acceptors (Lipinski definition) is 3. The normalized spacial score (nSPS) is 11.2. The Hall–Kier alpha value is -0.120. The van der Waals surface area contributed by atoms with Gasteiger partial charge in [-0.05, 0) is 25.9 Å². The summed E-state index contributed by atoms with van der Waals surface area (Å²) in [5.74, 6) is 0. The van der Waals surface area contributed by atoms with E-state index in [1.165, 1.54) is 38.8 Å². The van der Waals surface area contributed by atoms with E-state index in [2.05, 4.69) is 18.7 Å². The third-order valence-corrected chi connectivity index (χ3v) is 2.60. The van der Waals surface area contributed by atoms with Crippen molar-refractivity contribution in [3.8, 4) is 0 Å². The van der Waals surface area contributed by atoms with Gasteiger partial charge in [-0.25, -0.2) is 0 Å². The standard InChI is InChI=1S/C13H29NO2/c1-4-6-7-9-14(8-5-2)10-11-16-13-12-15-3/h4-13H2,1-3H3. The second kappa shape index (κ2) is 12.9. The zero-order valence-corrected chi connectivity index (χ0v) is 11.3. The zero-order chi connectivity index (χ0) is 12.1. The minimum atomic E-state index is 0.698. The van der Waals surface area contributed by atoms with E-state index in [4.69, 9.17) is 9.47 Å². The largest absolute Gasteiger partial charge is 0.382 e. The highest BCUT2D eigenvalue weighted by Crippen LogP contribution is 1.99. The van der Waals surface area contributed by atoms with Gasteiger partial charge in [0, 0.05) is 13.7 Å². The first kappa shape index (κ1) is 15.9. The Labute approximate surface area is 101 Å². The summed E-state index contributed by atoms with van der Waals surface area (Å²) in [7, 11) is 1.71. The van der Waals surface area contributed by atoms with Gasteiger partial charge < -0.3 is 14.4 Å². The maximum Gasteiger partial charge on any atom is 0.0700 e. The minimum absolute atomic E-state index is 0.698. The van der Waals surface area contributed by atoms with E-state index < -0.39 is 0 Å². The highest BCUT2D eigenvalue weighted by molar-refractivity contribution is 4.56. The van der Waals surface area contributed by atoms with Crippen LogP contribution >= 0.6 is 0 Å². The molecule has 0 rings (SSSR count). The quantitative estimate of drug-likeness (QED) is 0.482. The first-order valence-corrected chi connectivity index (χ1v) is 6.64. The van der Waals surface area contributed by atoms with E-state index in [1.54, 1.807) is 7.11 Å². The molecule has 0 amide bonds. The molecule has 0 aliphatic heterocycles. The van der Waals surface area contributed by atoms with Crippen LogP contribution in [0.2, 0.25) is 0 Å². The summed E-state index contributed by atoms with van der Waals surface area (Å²) in [5, 5.41) is 0. The van der Waals surface area contributed by atoms with E-state index >= 15 is 0 Å². The summed E-state index contributed by atoms with van der Waals surface area (Å²) in [6.07, 6.45) is 5.17. The molecule has 0 N–H and O–H groups in total. The van der Waals surface area contributed by atoms with Gasteiger partial charge in [0.25, 0.3) is 0 Å². The number of rotatable bonds is 12. The molecular weight excluding hydrogens is 202 g/mol. The maximum atomic E-state index is 5.49. The molecule has 0 fully saturated rings. The van der Waals surface area contributed by atoms with Crippen LogP contribution in [-0.2, 0) is 9.47 Å². The Bertz CT molecular complexity index is 131. The number of nitrogens with zero attached hydrogens (tertiary/aromatic N) is 1. The number of methoxy groups -OCH3 is 1. The molecule has 0 unspecified atom stereocenters. The second-order valence-corrected chi connectivity index (χ2v) is 4.15. The molecule has 0 bridgehead atoms. The van der Waals surface area contributed by atoms with Gasteiger partial charge in [0.1, 0.15) is 0 Å². The van der Waals surface area contributed by atoms with Crippen LogP contribution in [0.4, 0.5) is 0 Å². The molecule has 0 spiro atoms. The predicted octanol–water partition coefficient (Wildman–Crippen LogP) is 2.55. The van der Waals surface area contributed by atoms with Crippen LogP contribution in [-0.4, -0.2) is 51.5 Å². The van der Waals surface area contributed by atoms with Crippen molar-refractivity contribution in [3.63, 3.8) is 0 Å². The van der Waals surface area contributed by atoms with Crippen molar-refractivity contribution in [1.29, 1.82) is 0 Å². The molecule has 98 valence electrons. The van der Waals surface area contributed by atoms with Crippen molar-refractivity contribution < 1.29 is 9.47 Å². The van der Waals surface area contributed by atoms with Crippen molar-refractivity contribution in [2.75, 3.05) is 46.6 Å². The molecule has 0 aromatic rings. The van der Waals surface area contributed by atoms with Gasteiger partial charge in [-0.15, -0.1) is 0 Å². The molecule has 0 saturated heterocycles. The first-order chi connectivity index (χ1) is 7.85. The van der Waals surface area contributed by atoms with Crippen molar-refractivity contribution >= 4 is 0 Å². The van der Waals surface area contributed by atoms with Gasteiger partial charge in [0.15, 0.2) is 0 Å². The summed E-state index contributed by atoms with van der Waals surface area (Å²) in [4.78, 5) is 2.50. The summed E-state index contributed by atoms with van der Waals surface area (Å²) < 4.78 is 10.4. The monoisotopic (exact) mass is 231 g/mol. The van der Waals surface area contributed by atoms with Crippen LogP contribution in [0.15, 0.2) is 0 Å². The predicted molar refractivity (Wildman–Crippen MR) is 69.0 cm³/mol. The van der Waals surface area contributed by atoms with Gasteiger partial charge in [-0.1, -0.05) is 26.7 Å². The van der Waals surface area contributed by atoms with Gasteiger partial charge in [0.05, 0.1) is 19.8 Å². The molecule has 0 atom stereocenters. The molecule has 0 aliphatic rings. The van der Waals surface area contributed by atoms with Crippen molar-refractivity contribution in [1.82, 2.24) is 4.90 Å². The van der Waals surface area contributed by atoms with E-state index in [0.29, 0.717) is 13.2 Å². The summed E-state index contributed by atoms with van der Waals surface area (Å²) in [6, 6.07) is 0. The topological polar surface area (TPSA) is 21.7 Å². The minimum Gasteiger partial charge on any atom is -0.382 e. The number of hydrogen-bond donors (Lipinski definition) is 0. The third-order valence-electron chi connectivity index (χ3n) is 2.60. The van der Waals surface area contributed by atoms with E-state index in [9.17, 15) is 0 Å². The van der Waals surface area contributed by atoms with Crippen molar-refractivity contribution in [3.05, 3.63) is 0 Å². The molecule has 16 heavy (non-hydrogen) atoms. The molecule has 0 aromatic heterocycles. The molecule has 0 aliphatic carbocycles. The van der Waals surface area contributed by atoms with E-state index in [0.717, 1.165) is 13.2 Å². The summed E-state index contributed by atoms with van der Waals surface area (Å²) >= 11 is 0. The summed E-state index contributed by atoms with van der Waals surface area (Å²) in [5.41, 5.74) is 0. The average molecular weight is 231 g/mol. The fourth-order valence-electron chi connectivity index (χ4n) is 1.68. The SMILES string of the molecule is CCCCCN(CCC)CCOCCOC. The van der Waals surface area contributed by atoms with Crippen molar-refractivity contribution in [2.45, 2.75) is 39.5 Å². The number of ether oxygens (including phenoxy) is 2. The molecule has 3 heteroatoms. The fraction of sp³-hybridized carbons (Fsp3) is 1.00. The highest BCUT2D eigenvalue weighted by Gasteiger charge is 2.02. The second-order valence-electron chi connectivity index (χ2n) is 4.15. The van der Waals surface area contributed by atoms with Crippen LogP contribution in [0.1, 0.15) is 39.5 Å². The third kappa shape index (κ3) is 10.4. The van der Waals surface area contributed by atoms with Gasteiger partial charge in [0.2, 0.25) is 0 Å². The van der Waals surface area contributed by atoms with Crippen LogP contribution in [0.3, 0.4) is 0 Å². The van der Waals surface area contributed by atoms with E-state index in [1.807, 2.05) is 0 Å². The Kier molecular flexibility index (Phi) is 12.9. The van der Waals surface area contributed by atoms with E-state index in [-0.39, 0.29) is 0 Å². The molecule has 3 nitrogen and oxygen atoms in total.